The number of benzene rings is 1. The van der Waals surface area contributed by atoms with Crippen LogP contribution in [0, 0.1) is 13.8 Å². The van der Waals surface area contributed by atoms with Crippen molar-refractivity contribution in [2.45, 2.75) is 13.8 Å². The van der Waals surface area contributed by atoms with Gasteiger partial charge < -0.3 is 18.6 Å². The lowest BCUT2D eigenvalue weighted by Gasteiger charge is -2.12. The van der Waals surface area contributed by atoms with Crippen LogP contribution in [0.1, 0.15) is 11.1 Å². The number of aryl methyl sites for hydroxylation is 2. The molecule has 0 fully saturated rings. The van der Waals surface area contributed by atoms with Gasteiger partial charge in [-0.25, -0.2) is 9.59 Å². The molecule has 0 spiro atoms. The number of rotatable bonds is 1. The molecule has 0 aliphatic heterocycles. The van der Waals surface area contributed by atoms with Gasteiger partial charge in [0.25, 0.3) is 5.56 Å². The summed E-state index contributed by atoms with van der Waals surface area (Å²) in [6.45, 7) is 3.41. The molecule has 3 heterocycles. The molecule has 0 aliphatic rings. The summed E-state index contributed by atoms with van der Waals surface area (Å²) >= 11 is 0. The van der Waals surface area contributed by atoms with E-state index in [1.165, 1.54) is 25.3 Å². The number of pyridine rings is 1. The SMILES string of the molecule is COc1cc2oc(=O)cc(C)c2c2c1[nH]c(=O)c1c(C)cc(=O)oc12. The largest absolute Gasteiger partial charge is 0.494 e. The molecule has 0 radical (unpaired) electrons. The predicted octanol–water partition coefficient (Wildman–Crippen LogP) is 2.37. The van der Waals surface area contributed by atoms with Crippen LogP contribution in [0.2, 0.25) is 0 Å². The van der Waals surface area contributed by atoms with E-state index in [1.807, 2.05) is 0 Å². The van der Waals surface area contributed by atoms with E-state index in [2.05, 4.69) is 4.98 Å². The lowest BCUT2D eigenvalue weighted by atomic mass is 10.0. The Bertz CT molecular complexity index is 1360. The number of ether oxygens (including phenoxy) is 1. The highest BCUT2D eigenvalue weighted by molar-refractivity contribution is 6.18. The normalized spacial score (nSPS) is 11.5. The molecule has 0 unspecified atom stereocenters. The Morgan fingerprint density at radius 1 is 0.880 bits per heavy atom. The summed E-state index contributed by atoms with van der Waals surface area (Å²) in [5, 5.41) is 1.31. The number of hydrogen-bond donors (Lipinski definition) is 1. The summed E-state index contributed by atoms with van der Waals surface area (Å²) < 4.78 is 16.0. The van der Waals surface area contributed by atoms with Crippen molar-refractivity contribution in [3.63, 3.8) is 0 Å². The Hall–Kier alpha value is -3.35. The van der Waals surface area contributed by atoms with E-state index in [1.54, 1.807) is 13.8 Å². The maximum absolute atomic E-state index is 12.5. The molecular weight excluding hydrogens is 326 g/mol. The van der Waals surface area contributed by atoms with E-state index in [0.717, 1.165) is 0 Å². The molecule has 0 atom stereocenters. The Balaban J connectivity index is 2.49. The fraction of sp³-hybridized carbons (Fsp3) is 0.167. The fourth-order valence-electron chi connectivity index (χ4n) is 3.25. The first kappa shape index (κ1) is 15.2. The molecule has 0 saturated heterocycles. The zero-order chi connectivity index (χ0) is 17.9. The van der Waals surface area contributed by atoms with Crippen LogP contribution >= 0.6 is 0 Å². The third-order valence-electron chi connectivity index (χ3n) is 4.27. The summed E-state index contributed by atoms with van der Waals surface area (Å²) in [6.07, 6.45) is 0. The van der Waals surface area contributed by atoms with Crippen LogP contribution in [0.15, 0.2) is 41.4 Å². The van der Waals surface area contributed by atoms with Crippen molar-refractivity contribution >= 4 is 32.8 Å². The number of nitrogens with one attached hydrogen (secondary N) is 1. The second-order valence-corrected chi connectivity index (χ2v) is 5.86. The third-order valence-corrected chi connectivity index (χ3v) is 4.27. The Labute approximate surface area is 139 Å². The van der Waals surface area contributed by atoms with Crippen molar-refractivity contribution in [3.8, 4) is 5.75 Å². The molecule has 4 rings (SSSR count). The van der Waals surface area contributed by atoms with Gasteiger partial charge in [0.2, 0.25) is 0 Å². The van der Waals surface area contributed by atoms with Gasteiger partial charge in [0.15, 0.2) is 5.58 Å². The van der Waals surface area contributed by atoms with Gasteiger partial charge in [-0.15, -0.1) is 0 Å². The topological polar surface area (TPSA) is 103 Å². The van der Waals surface area contributed by atoms with Crippen LogP contribution in [0.3, 0.4) is 0 Å². The van der Waals surface area contributed by atoms with Gasteiger partial charge in [-0.3, -0.25) is 4.79 Å². The van der Waals surface area contributed by atoms with Crippen molar-refractivity contribution < 1.29 is 13.6 Å². The van der Waals surface area contributed by atoms with E-state index >= 15 is 0 Å². The number of hydrogen-bond acceptors (Lipinski definition) is 6. The van der Waals surface area contributed by atoms with Gasteiger partial charge in [-0.2, -0.15) is 0 Å². The molecule has 0 aliphatic carbocycles. The summed E-state index contributed by atoms with van der Waals surface area (Å²) in [7, 11) is 1.43. The highest BCUT2D eigenvalue weighted by Crippen LogP contribution is 2.36. The van der Waals surface area contributed by atoms with Crippen molar-refractivity contribution in [2.24, 2.45) is 0 Å². The van der Waals surface area contributed by atoms with E-state index in [0.29, 0.717) is 33.2 Å². The molecule has 25 heavy (non-hydrogen) atoms. The molecule has 0 saturated carbocycles. The number of fused-ring (bicyclic) bond motifs is 5. The van der Waals surface area contributed by atoms with E-state index in [9.17, 15) is 14.4 Å². The number of aromatic amines is 1. The zero-order valence-electron chi connectivity index (χ0n) is 13.7. The molecular formula is C18H13NO6. The highest BCUT2D eigenvalue weighted by Gasteiger charge is 2.19. The molecule has 7 nitrogen and oxygen atoms in total. The van der Waals surface area contributed by atoms with Crippen LogP contribution in [0.25, 0.3) is 32.8 Å². The Morgan fingerprint density at radius 3 is 2.20 bits per heavy atom. The quantitative estimate of drug-likeness (QED) is 0.422. The molecule has 1 aromatic carbocycles. The van der Waals surface area contributed by atoms with Crippen molar-refractivity contribution in [2.75, 3.05) is 7.11 Å². The average Bonchev–Trinajstić information content (AvgIpc) is 2.52. The van der Waals surface area contributed by atoms with E-state index < -0.39 is 16.8 Å². The maximum atomic E-state index is 12.5. The maximum Gasteiger partial charge on any atom is 0.336 e. The summed E-state index contributed by atoms with van der Waals surface area (Å²) in [4.78, 5) is 38.9. The summed E-state index contributed by atoms with van der Waals surface area (Å²) in [5.74, 6) is 0.305. The molecule has 1 N–H and O–H groups in total. The monoisotopic (exact) mass is 339 g/mol. The molecule has 0 bridgehead atoms. The van der Waals surface area contributed by atoms with Gasteiger partial charge >= 0.3 is 11.3 Å². The van der Waals surface area contributed by atoms with Gasteiger partial charge in [0.05, 0.1) is 23.4 Å². The van der Waals surface area contributed by atoms with Crippen molar-refractivity contribution in [3.05, 3.63) is 60.5 Å². The minimum absolute atomic E-state index is 0.143. The van der Waals surface area contributed by atoms with E-state index in [-0.39, 0.29) is 16.6 Å². The fourth-order valence-corrected chi connectivity index (χ4v) is 3.25. The minimum atomic E-state index is -0.567. The first-order chi connectivity index (χ1) is 11.9. The molecule has 3 aromatic heterocycles. The summed E-state index contributed by atoms with van der Waals surface area (Å²) in [5.41, 5.74) is 0.476. The number of methoxy groups -OCH3 is 1. The molecule has 0 amide bonds. The first-order valence-electron chi connectivity index (χ1n) is 7.52. The van der Waals surface area contributed by atoms with Crippen molar-refractivity contribution in [1.82, 2.24) is 4.98 Å². The third kappa shape index (κ3) is 2.09. The van der Waals surface area contributed by atoms with Gasteiger partial charge in [-0.1, -0.05) is 0 Å². The molecule has 7 heteroatoms. The second kappa shape index (κ2) is 5.07. The van der Waals surface area contributed by atoms with Crippen LogP contribution in [0.4, 0.5) is 0 Å². The van der Waals surface area contributed by atoms with Gasteiger partial charge in [-0.05, 0) is 25.0 Å². The van der Waals surface area contributed by atoms with E-state index in [4.69, 9.17) is 13.6 Å². The average molecular weight is 339 g/mol. The van der Waals surface area contributed by atoms with Crippen molar-refractivity contribution in [1.29, 1.82) is 0 Å². The van der Waals surface area contributed by atoms with Gasteiger partial charge in [0, 0.05) is 23.6 Å². The zero-order valence-corrected chi connectivity index (χ0v) is 13.7. The number of aromatic nitrogens is 1. The van der Waals surface area contributed by atoms with Crippen LogP contribution in [0.5, 0.6) is 5.75 Å². The highest BCUT2D eigenvalue weighted by atomic mass is 16.5. The lowest BCUT2D eigenvalue weighted by Crippen LogP contribution is -2.12. The smallest absolute Gasteiger partial charge is 0.336 e. The Morgan fingerprint density at radius 2 is 1.52 bits per heavy atom. The minimum Gasteiger partial charge on any atom is -0.494 e. The molecule has 4 aromatic rings. The lowest BCUT2D eigenvalue weighted by molar-refractivity contribution is 0.418. The van der Waals surface area contributed by atoms with Crippen LogP contribution in [-0.2, 0) is 0 Å². The van der Waals surface area contributed by atoms with Gasteiger partial charge in [0.1, 0.15) is 11.3 Å². The first-order valence-corrected chi connectivity index (χ1v) is 7.52. The second-order valence-electron chi connectivity index (χ2n) is 5.86. The predicted molar refractivity (Wildman–Crippen MR) is 92.7 cm³/mol. The standard InChI is InChI=1S/C18H13NO6/c1-7-4-11(20)24-9-6-10(23-3)16-15(13(7)9)17-14(18(22)19-16)8(2)5-12(21)25-17/h4-6H,1-3H3,(H,19,22). The summed E-state index contributed by atoms with van der Waals surface area (Å²) in [6, 6.07) is 4.14. The number of H-pyrrole nitrogens is 1. The molecule has 126 valence electrons. The Kier molecular flexibility index (Phi) is 3.08. The van der Waals surface area contributed by atoms with Crippen LogP contribution in [-0.4, -0.2) is 12.1 Å². The van der Waals surface area contributed by atoms with Crippen LogP contribution < -0.4 is 21.5 Å².